The van der Waals surface area contributed by atoms with Crippen LogP contribution in [0.25, 0.3) is 0 Å². The number of carbonyl (C=O) groups excluding carboxylic acids is 1. The van der Waals surface area contributed by atoms with Gasteiger partial charge in [-0.1, -0.05) is 19.4 Å². The van der Waals surface area contributed by atoms with Crippen LogP contribution in [-0.4, -0.2) is 39.6 Å². The van der Waals surface area contributed by atoms with Crippen LogP contribution in [0, 0.1) is 0 Å². The molecular formula is C16H24ClNO4. The van der Waals surface area contributed by atoms with E-state index in [0.29, 0.717) is 23.6 Å². The van der Waals surface area contributed by atoms with E-state index in [2.05, 4.69) is 11.9 Å². The molecular weight excluding hydrogens is 306 g/mol. The van der Waals surface area contributed by atoms with Crippen molar-refractivity contribution < 1.29 is 19.0 Å². The number of halogens is 1. The van der Waals surface area contributed by atoms with Crippen LogP contribution in [0.5, 0.6) is 11.5 Å². The summed E-state index contributed by atoms with van der Waals surface area (Å²) < 4.78 is 15.5. The van der Waals surface area contributed by atoms with Crippen molar-refractivity contribution in [3.8, 4) is 11.5 Å². The van der Waals surface area contributed by atoms with Crippen LogP contribution in [0.2, 0.25) is 0 Å². The van der Waals surface area contributed by atoms with Crippen molar-refractivity contribution in [1.82, 2.24) is 0 Å². The van der Waals surface area contributed by atoms with E-state index in [-0.39, 0.29) is 19.0 Å². The standard InChI is InChI=1S/C16H23NO4.ClH/c1-4-5-6-10-17-11-12-21-16(18)13-8-7-9-14(19-2)15(13)20-3;/h7-10H,4-6,11-12H2,1-3H3;1H. The zero-order chi connectivity index (χ0) is 15.5. The molecule has 0 radical (unpaired) electrons. The first-order valence-electron chi connectivity index (χ1n) is 7.11. The number of methoxy groups -OCH3 is 2. The minimum Gasteiger partial charge on any atom is -0.493 e. The third-order valence-electron chi connectivity index (χ3n) is 2.89. The van der Waals surface area contributed by atoms with Crippen LogP contribution >= 0.6 is 12.4 Å². The average Bonchev–Trinajstić information content (AvgIpc) is 2.52. The molecule has 0 bridgehead atoms. The number of hydrogen-bond acceptors (Lipinski definition) is 5. The first-order valence-corrected chi connectivity index (χ1v) is 7.11. The highest BCUT2D eigenvalue weighted by Crippen LogP contribution is 2.30. The number of benzene rings is 1. The lowest BCUT2D eigenvalue weighted by atomic mass is 10.2. The predicted octanol–water partition coefficient (Wildman–Crippen LogP) is 3.54. The van der Waals surface area contributed by atoms with Crippen LogP contribution < -0.4 is 9.47 Å². The quantitative estimate of drug-likeness (QED) is 0.395. The Balaban J connectivity index is 0.00000441. The lowest BCUT2D eigenvalue weighted by Crippen LogP contribution is -2.10. The molecule has 0 spiro atoms. The lowest BCUT2D eigenvalue weighted by Gasteiger charge is -2.11. The number of nitrogens with zero attached hydrogens (tertiary/aromatic N) is 1. The summed E-state index contributed by atoms with van der Waals surface area (Å²) in [5, 5.41) is 0. The Bertz CT molecular complexity index is 477. The minimum atomic E-state index is -0.436. The van der Waals surface area contributed by atoms with Crippen LogP contribution in [0.15, 0.2) is 23.2 Å². The summed E-state index contributed by atoms with van der Waals surface area (Å²) in [6.07, 6.45) is 5.12. The number of aliphatic imine (C=N–C) groups is 1. The topological polar surface area (TPSA) is 57.1 Å². The molecule has 0 atom stereocenters. The van der Waals surface area contributed by atoms with E-state index in [9.17, 15) is 4.79 Å². The third-order valence-corrected chi connectivity index (χ3v) is 2.89. The highest BCUT2D eigenvalue weighted by Gasteiger charge is 2.17. The Morgan fingerprint density at radius 2 is 2.05 bits per heavy atom. The van der Waals surface area contributed by atoms with Gasteiger partial charge in [0.15, 0.2) is 11.5 Å². The molecule has 1 rings (SSSR count). The van der Waals surface area contributed by atoms with Gasteiger partial charge < -0.3 is 14.2 Å². The van der Waals surface area contributed by atoms with Crippen molar-refractivity contribution in [3.63, 3.8) is 0 Å². The van der Waals surface area contributed by atoms with Gasteiger partial charge in [-0.3, -0.25) is 4.99 Å². The fourth-order valence-electron chi connectivity index (χ4n) is 1.79. The maximum Gasteiger partial charge on any atom is 0.342 e. The number of esters is 1. The van der Waals surface area contributed by atoms with Crippen molar-refractivity contribution >= 4 is 24.6 Å². The SMILES string of the molecule is CCCCC=NCCOC(=O)c1cccc(OC)c1OC.Cl. The van der Waals surface area contributed by atoms with Crippen molar-refractivity contribution in [2.24, 2.45) is 4.99 Å². The summed E-state index contributed by atoms with van der Waals surface area (Å²) in [7, 11) is 3.02. The lowest BCUT2D eigenvalue weighted by molar-refractivity contribution is 0.0513. The van der Waals surface area contributed by atoms with E-state index >= 15 is 0 Å². The zero-order valence-corrected chi connectivity index (χ0v) is 14.1. The summed E-state index contributed by atoms with van der Waals surface area (Å²) in [6.45, 7) is 2.86. The maximum atomic E-state index is 12.0. The smallest absolute Gasteiger partial charge is 0.342 e. The second-order valence-electron chi connectivity index (χ2n) is 4.41. The van der Waals surface area contributed by atoms with E-state index in [1.54, 1.807) is 18.2 Å². The van der Waals surface area contributed by atoms with Crippen LogP contribution in [0.3, 0.4) is 0 Å². The number of para-hydroxylation sites is 1. The number of ether oxygens (including phenoxy) is 3. The van der Waals surface area contributed by atoms with E-state index in [4.69, 9.17) is 14.2 Å². The van der Waals surface area contributed by atoms with Gasteiger partial charge in [0.25, 0.3) is 0 Å². The second kappa shape index (κ2) is 11.9. The molecule has 124 valence electrons. The summed E-state index contributed by atoms with van der Waals surface area (Å²) in [4.78, 5) is 16.2. The fraction of sp³-hybridized carbons (Fsp3) is 0.500. The van der Waals surface area contributed by atoms with Crippen molar-refractivity contribution in [3.05, 3.63) is 23.8 Å². The predicted molar refractivity (Wildman–Crippen MR) is 90.0 cm³/mol. The second-order valence-corrected chi connectivity index (χ2v) is 4.41. The molecule has 0 saturated heterocycles. The molecule has 0 N–H and O–H groups in total. The molecule has 1 aromatic carbocycles. The molecule has 0 amide bonds. The number of hydrogen-bond donors (Lipinski definition) is 0. The van der Waals surface area contributed by atoms with Gasteiger partial charge in [0, 0.05) is 0 Å². The molecule has 6 heteroatoms. The Morgan fingerprint density at radius 3 is 2.68 bits per heavy atom. The highest BCUT2D eigenvalue weighted by atomic mass is 35.5. The maximum absolute atomic E-state index is 12.0. The van der Waals surface area contributed by atoms with E-state index in [1.165, 1.54) is 14.2 Å². The molecule has 0 unspecified atom stereocenters. The van der Waals surface area contributed by atoms with Gasteiger partial charge in [0.05, 0.1) is 20.8 Å². The molecule has 5 nitrogen and oxygen atoms in total. The van der Waals surface area contributed by atoms with Crippen molar-refractivity contribution in [2.75, 3.05) is 27.4 Å². The van der Waals surface area contributed by atoms with Gasteiger partial charge in [-0.15, -0.1) is 12.4 Å². The van der Waals surface area contributed by atoms with E-state index < -0.39 is 5.97 Å². The Hall–Kier alpha value is -1.75. The molecule has 0 aliphatic carbocycles. The van der Waals surface area contributed by atoms with Gasteiger partial charge in [-0.2, -0.15) is 0 Å². The highest BCUT2D eigenvalue weighted by molar-refractivity contribution is 5.93. The molecule has 22 heavy (non-hydrogen) atoms. The number of carbonyl (C=O) groups is 1. The molecule has 1 aromatic rings. The normalized spacial score (nSPS) is 10.1. The van der Waals surface area contributed by atoms with Gasteiger partial charge in [0.2, 0.25) is 0 Å². The number of rotatable bonds is 9. The van der Waals surface area contributed by atoms with Crippen LogP contribution in [0.1, 0.15) is 36.5 Å². The minimum absolute atomic E-state index is 0. The van der Waals surface area contributed by atoms with Crippen molar-refractivity contribution in [2.45, 2.75) is 26.2 Å². The summed E-state index contributed by atoms with van der Waals surface area (Å²) in [5.41, 5.74) is 0.354. The molecule has 0 aliphatic heterocycles. The molecule has 0 heterocycles. The third kappa shape index (κ3) is 6.35. The molecule has 0 aromatic heterocycles. The van der Waals surface area contributed by atoms with Crippen LogP contribution in [0.4, 0.5) is 0 Å². The largest absolute Gasteiger partial charge is 0.493 e. The van der Waals surface area contributed by atoms with Gasteiger partial charge in [-0.05, 0) is 31.2 Å². The first-order chi connectivity index (χ1) is 10.2. The Morgan fingerprint density at radius 1 is 1.27 bits per heavy atom. The Labute approximate surface area is 138 Å². The average molecular weight is 330 g/mol. The Kier molecular flexibility index (Phi) is 10.9. The molecule has 0 aliphatic rings. The fourth-order valence-corrected chi connectivity index (χ4v) is 1.79. The summed E-state index contributed by atoms with van der Waals surface area (Å²) >= 11 is 0. The van der Waals surface area contributed by atoms with Gasteiger partial charge in [0.1, 0.15) is 12.2 Å². The first kappa shape index (κ1) is 20.2. The van der Waals surface area contributed by atoms with Gasteiger partial charge in [-0.25, -0.2) is 4.79 Å². The number of unbranched alkanes of at least 4 members (excludes halogenated alkanes) is 2. The van der Waals surface area contributed by atoms with E-state index in [1.807, 2.05) is 6.21 Å². The van der Waals surface area contributed by atoms with Crippen molar-refractivity contribution in [1.29, 1.82) is 0 Å². The molecule has 0 saturated carbocycles. The summed E-state index contributed by atoms with van der Waals surface area (Å²) in [5.74, 6) is 0.454. The summed E-state index contributed by atoms with van der Waals surface area (Å²) in [6, 6.07) is 5.10. The van der Waals surface area contributed by atoms with Crippen LogP contribution in [-0.2, 0) is 4.74 Å². The van der Waals surface area contributed by atoms with Gasteiger partial charge >= 0.3 is 5.97 Å². The zero-order valence-electron chi connectivity index (χ0n) is 13.3. The van der Waals surface area contributed by atoms with E-state index in [0.717, 1.165) is 19.3 Å². The molecule has 0 fully saturated rings. The monoisotopic (exact) mass is 329 g/mol.